The molecule has 6 heterocycles. The molecule has 328 valence electrons. The van der Waals surface area contributed by atoms with Gasteiger partial charge in [-0.05, 0) is 0 Å². The van der Waals surface area contributed by atoms with E-state index in [1.165, 1.54) is 52.1 Å². The van der Waals surface area contributed by atoms with Crippen molar-refractivity contribution in [3.63, 3.8) is 0 Å². The number of imidazole rings is 2. The molecule has 59 heavy (non-hydrogen) atoms. The van der Waals surface area contributed by atoms with E-state index in [0.717, 1.165) is 0 Å². The van der Waals surface area contributed by atoms with Crippen molar-refractivity contribution in [3.8, 4) is 0 Å². The average Bonchev–Trinajstić information content (AvgIpc) is 3.83. The summed E-state index contributed by atoms with van der Waals surface area (Å²) in [4.78, 5) is 77.0. The zero-order valence-electron chi connectivity index (χ0n) is 30.8. The van der Waals surface area contributed by atoms with Gasteiger partial charge in [0.2, 0.25) is 23.5 Å². The fourth-order valence-corrected chi connectivity index (χ4v) is 8.45. The third kappa shape index (κ3) is 9.81. The fourth-order valence-electron chi connectivity index (χ4n) is 6.41. The molecule has 5 unspecified atom stereocenters. The largest absolute Gasteiger partial charge is 0.472 e. The van der Waals surface area contributed by atoms with Gasteiger partial charge in [0.05, 0.1) is 40.5 Å². The number of aromatic amines is 2. The van der Waals surface area contributed by atoms with E-state index in [1.807, 2.05) is 0 Å². The van der Waals surface area contributed by atoms with Crippen molar-refractivity contribution in [2.75, 3.05) is 45.0 Å². The highest BCUT2D eigenvalue weighted by molar-refractivity contribution is 7.47. The Kier molecular flexibility index (Phi) is 13.0. The number of H-pyrrole nitrogens is 2. The topological polar surface area (TPSA) is 428 Å². The van der Waals surface area contributed by atoms with Gasteiger partial charge < -0.3 is 60.6 Å². The first kappa shape index (κ1) is 44.9. The summed E-state index contributed by atoms with van der Waals surface area (Å²) in [5.41, 5.74) is 10.3. The van der Waals surface area contributed by atoms with E-state index in [-0.39, 0.29) is 34.2 Å². The maximum atomic E-state index is 12.8. The SMILES string of the molecule is CO[C@@H]1[C@H](O)C(COP(=O)(O)OCC(COP(=O)(O)OC[C@H]2OC([n+]3cn(C)c4c(=O)[nH]c(N)nc43)[C@H](O)[C@@H]2O)OP(=O)(O)O)O[C@H]1[n+]1cn(C)c2c(=O)[nH]c(N)nc21. The summed E-state index contributed by atoms with van der Waals surface area (Å²) in [7, 11) is -11.5. The second-order valence-corrected chi connectivity index (χ2v) is 17.3. The van der Waals surface area contributed by atoms with Crippen LogP contribution in [0.15, 0.2) is 22.2 Å². The van der Waals surface area contributed by atoms with Crippen molar-refractivity contribution < 1.29 is 94.6 Å². The lowest BCUT2D eigenvalue weighted by molar-refractivity contribution is -0.746. The van der Waals surface area contributed by atoms with Gasteiger partial charge in [0, 0.05) is 7.11 Å². The maximum absolute atomic E-state index is 12.8. The van der Waals surface area contributed by atoms with Crippen LogP contribution in [0.1, 0.15) is 12.5 Å². The highest BCUT2D eigenvalue weighted by Gasteiger charge is 2.50. The Hall–Kier alpha value is -3.61. The number of aliphatic hydroxyl groups excluding tert-OH is 3. The smallest absolute Gasteiger partial charge is 0.387 e. The van der Waals surface area contributed by atoms with Crippen LogP contribution < -0.4 is 31.7 Å². The van der Waals surface area contributed by atoms with E-state index in [0.29, 0.717) is 0 Å². The Morgan fingerprint density at radius 2 is 1.20 bits per heavy atom. The van der Waals surface area contributed by atoms with Crippen LogP contribution >= 0.6 is 23.5 Å². The standard InChI is InChI=1S/C26H39N10O20P3/c1-33-8-35(19-13(33)21(40)31-25(27)29-19)23-17(39)15(37)11(54-23)6-52-58(45,46)50-4-10(56-57(42,43)44)5-51-59(47,48)53-7-12-16(38)18(49-3)24(55-12)36-9-34(2)14-20(36)30-26(28)32-22(14)41/h8-12,15-18,23-24,37-39H,4-7H2,1-3H3,(H8-2,27,28,29,30,31,32,40,41,42,43,44,45,46,47,48)/p+2/t10?,11-,12?,15-,16-,17-,18-,23?,24-/m1/s1. The minimum atomic E-state index is -5.41. The van der Waals surface area contributed by atoms with Gasteiger partial charge in [0.15, 0.2) is 12.7 Å². The highest BCUT2D eigenvalue weighted by atomic mass is 31.2. The Morgan fingerprint density at radius 3 is 1.66 bits per heavy atom. The van der Waals surface area contributed by atoms with Gasteiger partial charge in [-0.2, -0.15) is 0 Å². The number of hydrogen-bond acceptors (Lipinski definition) is 20. The van der Waals surface area contributed by atoms with Gasteiger partial charge in [-0.15, -0.1) is 0 Å². The van der Waals surface area contributed by atoms with E-state index < -0.39 is 116 Å². The van der Waals surface area contributed by atoms with E-state index >= 15 is 0 Å². The van der Waals surface area contributed by atoms with Crippen LogP contribution in [-0.4, -0.2) is 140 Å². The molecule has 0 saturated carbocycles. The monoisotopic (exact) mass is 906 g/mol. The number of aliphatic hydroxyl groups is 3. The van der Waals surface area contributed by atoms with Crippen molar-refractivity contribution in [2.45, 2.75) is 55.2 Å². The van der Waals surface area contributed by atoms with Gasteiger partial charge in [0.25, 0.3) is 23.0 Å². The predicted molar refractivity (Wildman–Crippen MR) is 189 cm³/mol. The van der Waals surface area contributed by atoms with Gasteiger partial charge in [-0.3, -0.25) is 51.3 Å². The minimum Gasteiger partial charge on any atom is -0.387 e. The van der Waals surface area contributed by atoms with E-state index in [9.17, 15) is 58.2 Å². The first-order valence-electron chi connectivity index (χ1n) is 16.9. The molecule has 0 aromatic carbocycles. The van der Waals surface area contributed by atoms with E-state index in [2.05, 4.69) is 24.5 Å². The summed E-state index contributed by atoms with van der Waals surface area (Å²) in [5.74, 6) is -0.477. The Labute approximate surface area is 328 Å². The highest BCUT2D eigenvalue weighted by Crippen LogP contribution is 2.48. The number of rotatable bonds is 17. The molecular formula is C26H41N10O20P3+2. The van der Waals surface area contributed by atoms with Gasteiger partial charge in [-0.1, -0.05) is 9.97 Å². The zero-order chi connectivity index (χ0) is 43.4. The molecule has 11 atom stereocenters. The number of aromatic nitrogens is 8. The number of fused-ring (bicyclic) bond motifs is 2. The van der Waals surface area contributed by atoms with Crippen LogP contribution in [0, 0.1) is 0 Å². The summed E-state index contributed by atoms with van der Waals surface area (Å²) < 4.78 is 83.2. The fraction of sp³-hybridized carbons (Fsp3) is 0.615. The summed E-state index contributed by atoms with van der Waals surface area (Å²) in [6.45, 7) is -4.16. The second kappa shape index (κ2) is 17.0. The number of methoxy groups -OCH3 is 1. The molecule has 0 spiro atoms. The number of nitrogen functional groups attached to an aromatic ring is 2. The average molecular weight is 907 g/mol. The molecule has 0 amide bonds. The Balaban J connectivity index is 1.04. The number of nitrogens with zero attached hydrogens (tertiary/aromatic N) is 6. The van der Waals surface area contributed by atoms with Crippen LogP contribution in [0.25, 0.3) is 22.3 Å². The molecule has 2 aliphatic rings. The van der Waals surface area contributed by atoms with Gasteiger partial charge in [-0.25, -0.2) is 22.8 Å². The maximum Gasteiger partial charge on any atom is 0.472 e. The van der Waals surface area contributed by atoms with Crippen LogP contribution in [-0.2, 0) is 64.6 Å². The first-order valence-corrected chi connectivity index (χ1v) is 21.4. The number of aryl methyl sites for hydroxylation is 2. The molecular weight excluding hydrogens is 865 g/mol. The molecule has 4 aromatic rings. The third-order valence-electron chi connectivity index (χ3n) is 8.99. The third-order valence-corrected chi connectivity index (χ3v) is 11.5. The molecule has 6 rings (SSSR count). The molecule has 2 fully saturated rings. The zero-order valence-corrected chi connectivity index (χ0v) is 33.5. The van der Waals surface area contributed by atoms with Crippen LogP contribution in [0.4, 0.5) is 11.9 Å². The second-order valence-electron chi connectivity index (χ2n) is 13.2. The quantitative estimate of drug-likeness (QED) is 0.0349. The lowest BCUT2D eigenvalue weighted by Gasteiger charge is -2.22. The van der Waals surface area contributed by atoms with Crippen molar-refractivity contribution >= 4 is 57.7 Å². The van der Waals surface area contributed by atoms with Crippen molar-refractivity contribution in [2.24, 2.45) is 14.1 Å². The summed E-state index contributed by atoms with van der Waals surface area (Å²) in [6.07, 6.45) is -10.8. The number of nitrogens with one attached hydrogen (secondary N) is 2. The summed E-state index contributed by atoms with van der Waals surface area (Å²) in [6, 6.07) is 0. The number of phosphoric ester groups is 3. The van der Waals surface area contributed by atoms with Crippen LogP contribution in [0.3, 0.4) is 0 Å². The van der Waals surface area contributed by atoms with Crippen molar-refractivity contribution in [1.29, 1.82) is 0 Å². The number of phosphoric acid groups is 3. The lowest BCUT2D eigenvalue weighted by Crippen LogP contribution is -2.47. The summed E-state index contributed by atoms with van der Waals surface area (Å²) >= 11 is 0. The lowest BCUT2D eigenvalue weighted by atomic mass is 10.1. The molecule has 0 bridgehead atoms. The Bertz CT molecular complexity index is 2460. The Morgan fingerprint density at radius 1 is 0.763 bits per heavy atom. The van der Waals surface area contributed by atoms with Crippen LogP contribution in [0.2, 0.25) is 0 Å². The first-order chi connectivity index (χ1) is 27.5. The van der Waals surface area contributed by atoms with Gasteiger partial charge >= 0.3 is 34.8 Å². The molecule has 2 aliphatic heterocycles. The number of hydrogen-bond donors (Lipinski definition) is 11. The molecule has 13 N–H and O–H groups in total. The van der Waals surface area contributed by atoms with Crippen molar-refractivity contribution in [3.05, 3.63) is 33.4 Å². The molecule has 4 aromatic heterocycles. The van der Waals surface area contributed by atoms with Gasteiger partial charge in [0.1, 0.15) is 42.7 Å². The molecule has 0 aliphatic carbocycles. The van der Waals surface area contributed by atoms with Crippen LogP contribution in [0.5, 0.6) is 0 Å². The van der Waals surface area contributed by atoms with E-state index in [4.69, 9.17) is 43.8 Å². The predicted octanol–water partition coefficient (Wildman–Crippen LogP) is -5.09. The number of nitrogens with two attached hydrogens (primary N) is 2. The summed E-state index contributed by atoms with van der Waals surface area (Å²) in [5, 5.41) is 32.2. The minimum absolute atomic E-state index is 0.0310. The molecule has 0 radical (unpaired) electrons. The van der Waals surface area contributed by atoms with Crippen molar-refractivity contribution in [1.82, 2.24) is 29.1 Å². The normalized spacial score (nSPS) is 27.7. The molecule has 2 saturated heterocycles. The molecule has 33 heteroatoms. The van der Waals surface area contributed by atoms with E-state index in [1.54, 1.807) is 0 Å². The molecule has 30 nitrogen and oxygen atoms in total. The number of ether oxygens (including phenoxy) is 3. The number of anilines is 2.